The Morgan fingerprint density at radius 1 is 0.929 bits per heavy atom. The van der Waals surface area contributed by atoms with Crippen LogP contribution in [0.3, 0.4) is 0 Å². The molecule has 1 aliphatic carbocycles. The van der Waals surface area contributed by atoms with Gasteiger partial charge in [-0.15, -0.1) is 22.1 Å². The summed E-state index contributed by atoms with van der Waals surface area (Å²) in [6.45, 7) is 12.9. The number of hydrogen-bond acceptors (Lipinski definition) is 5. The Labute approximate surface area is 257 Å². The molecule has 42 heavy (non-hydrogen) atoms. The Morgan fingerprint density at radius 3 is 2.31 bits per heavy atom. The van der Waals surface area contributed by atoms with Gasteiger partial charge in [0, 0.05) is 64.9 Å². The first-order chi connectivity index (χ1) is 19.7. The molecular weight excluding hydrogens is 571 g/mol. The van der Waals surface area contributed by atoms with Gasteiger partial charge in [-0.05, 0) is 44.7 Å². The molecule has 5 heterocycles. The summed E-state index contributed by atoms with van der Waals surface area (Å²) >= 11 is 0. The number of methoxy groups -OCH3 is 1. The first-order valence-corrected chi connectivity index (χ1v) is 14.9. The van der Waals surface area contributed by atoms with Crippen LogP contribution in [0.2, 0.25) is 0 Å². The second kappa shape index (κ2) is 11.4. The quantitative estimate of drug-likeness (QED) is 0.237. The molecule has 0 radical (unpaired) electrons. The molecule has 0 N–H and O–H groups in total. The number of hydrogen-bond donors (Lipinski definition) is 0. The number of aromatic nitrogens is 4. The van der Waals surface area contributed by atoms with E-state index in [9.17, 15) is 9.59 Å². The molecule has 0 aromatic carbocycles. The SMILES string of the molecule is CCc1c(C)c2cc3nc(cc4nc(c5c6[n-]c(cc1[n-]2)c(C)c6C(=O)C5)[C@@H](CCC(=O)OC)[C@@H]4C)C(C)C3CC.[Ni+2]. The minimum absolute atomic E-state index is 0. The predicted octanol–water partition coefficient (Wildman–Crippen LogP) is 6.63. The number of rotatable bonds is 5. The number of ether oxygens (including phenoxy) is 1. The van der Waals surface area contributed by atoms with Gasteiger partial charge in [0.2, 0.25) is 0 Å². The van der Waals surface area contributed by atoms with Crippen molar-refractivity contribution in [2.24, 2.45) is 0 Å². The summed E-state index contributed by atoms with van der Waals surface area (Å²) in [6.07, 6.45) is 3.02. The second-order valence-electron chi connectivity index (χ2n) is 11.9. The first kappa shape index (κ1) is 30.2. The predicted molar refractivity (Wildman–Crippen MR) is 160 cm³/mol. The maximum Gasteiger partial charge on any atom is 2.00 e. The third-order valence-corrected chi connectivity index (χ3v) is 9.74. The Bertz CT molecular complexity index is 1750. The third-order valence-electron chi connectivity index (χ3n) is 9.74. The van der Waals surface area contributed by atoms with E-state index in [2.05, 4.69) is 46.8 Å². The van der Waals surface area contributed by atoms with Crippen molar-refractivity contribution in [3.8, 4) is 0 Å². The van der Waals surface area contributed by atoms with E-state index >= 15 is 0 Å². The summed E-state index contributed by atoms with van der Waals surface area (Å²) in [6, 6.07) is 6.36. The molecule has 0 amide bonds. The number of nitrogens with zero attached hydrogens (tertiary/aromatic N) is 4. The van der Waals surface area contributed by atoms with Gasteiger partial charge in [0.1, 0.15) is 0 Å². The van der Waals surface area contributed by atoms with Crippen LogP contribution in [0.15, 0.2) is 18.2 Å². The monoisotopic (exact) mass is 608 g/mol. The van der Waals surface area contributed by atoms with Crippen LogP contribution in [0.1, 0.15) is 126 Å². The van der Waals surface area contributed by atoms with Crippen LogP contribution in [0, 0.1) is 13.8 Å². The molecule has 0 saturated carbocycles. The van der Waals surface area contributed by atoms with E-state index in [1.807, 2.05) is 13.0 Å². The molecule has 0 saturated heterocycles. The van der Waals surface area contributed by atoms with E-state index in [-0.39, 0.29) is 52.4 Å². The second-order valence-corrected chi connectivity index (χ2v) is 11.9. The first-order valence-electron chi connectivity index (χ1n) is 14.9. The number of ketones is 1. The summed E-state index contributed by atoms with van der Waals surface area (Å²) in [4.78, 5) is 46.1. The van der Waals surface area contributed by atoms with Crippen LogP contribution in [0.5, 0.6) is 0 Å². The third kappa shape index (κ3) is 4.72. The van der Waals surface area contributed by atoms with Crippen molar-refractivity contribution >= 4 is 33.8 Å². The molecule has 4 atom stereocenters. The Hall–Kier alpha value is -3.25. The van der Waals surface area contributed by atoms with Gasteiger partial charge in [-0.25, -0.2) is 0 Å². The molecule has 2 aliphatic heterocycles. The van der Waals surface area contributed by atoms with Crippen LogP contribution in [0.4, 0.5) is 0 Å². The molecule has 0 spiro atoms. The molecule has 3 aromatic rings. The number of esters is 1. The van der Waals surface area contributed by atoms with Gasteiger partial charge in [-0.2, -0.15) is 0 Å². The van der Waals surface area contributed by atoms with Gasteiger partial charge < -0.3 is 14.7 Å². The van der Waals surface area contributed by atoms with Gasteiger partial charge in [0.05, 0.1) is 7.11 Å². The van der Waals surface area contributed by atoms with Gasteiger partial charge in [-0.1, -0.05) is 56.5 Å². The molecule has 7 nitrogen and oxygen atoms in total. The van der Waals surface area contributed by atoms with E-state index in [0.29, 0.717) is 24.3 Å². The molecule has 3 aromatic heterocycles. The average molecular weight is 609 g/mol. The normalized spacial score (nSPS) is 21.0. The maximum absolute atomic E-state index is 13.4. The largest absolute Gasteiger partial charge is 2.00 e. The standard InChI is InChI=1S/C34H39N4O3.Ni/c1-8-20-16(3)24-13-26-18(5)22(10-11-31(40)41-7)33(37-26)23-12-30(39)32-19(6)27(38-34(23)32)15-29-21(9-2)17(4)25(36-29)14-28(20)35-24;/h13-16,18,20,22H,8-12H2,1-7H3,(H-,35,36,37,38,39);/q-1;+2/p-1/t16?,18-,20?,22-;/m0./s1. The smallest absolute Gasteiger partial charge is 0.657 e. The van der Waals surface area contributed by atoms with E-state index in [1.165, 1.54) is 18.2 Å². The van der Waals surface area contributed by atoms with Crippen LogP contribution < -0.4 is 9.97 Å². The van der Waals surface area contributed by atoms with Crippen LogP contribution >= 0.6 is 0 Å². The number of carbonyl (C=O) groups is 2. The Morgan fingerprint density at radius 2 is 1.62 bits per heavy atom. The molecular formula is C34H38N4NiO3. The van der Waals surface area contributed by atoms with E-state index < -0.39 is 0 Å². The molecule has 8 bridgehead atoms. The summed E-state index contributed by atoms with van der Waals surface area (Å²) in [5, 5.41) is 0. The summed E-state index contributed by atoms with van der Waals surface area (Å²) in [5.41, 5.74) is 12.2. The molecule has 3 aliphatic rings. The minimum atomic E-state index is -0.238. The van der Waals surface area contributed by atoms with Gasteiger partial charge >= 0.3 is 22.5 Å². The maximum atomic E-state index is 13.4. The van der Waals surface area contributed by atoms with Gasteiger partial charge in [-0.3, -0.25) is 19.6 Å². The van der Waals surface area contributed by atoms with E-state index in [0.717, 1.165) is 68.8 Å². The Kier molecular flexibility index (Phi) is 8.23. The number of aryl methyl sites for hydroxylation is 3. The molecule has 2 unspecified atom stereocenters. The van der Waals surface area contributed by atoms with Crippen LogP contribution in [0.25, 0.3) is 22.1 Å². The summed E-state index contributed by atoms with van der Waals surface area (Å²) in [5.74, 6) is 0.433. The van der Waals surface area contributed by atoms with E-state index in [4.69, 9.17) is 24.7 Å². The molecule has 8 heteroatoms. The number of fused-ring (bicyclic) bond motifs is 8. The van der Waals surface area contributed by atoms with E-state index in [1.54, 1.807) is 0 Å². The van der Waals surface area contributed by atoms with Gasteiger partial charge in [0.25, 0.3) is 0 Å². The fraction of sp³-hybridized carbons (Fsp3) is 0.471. The minimum Gasteiger partial charge on any atom is -0.657 e. The fourth-order valence-corrected chi connectivity index (χ4v) is 7.21. The van der Waals surface area contributed by atoms with Crippen molar-refractivity contribution in [2.45, 2.75) is 97.3 Å². The topological polar surface area (TPSA) is 97.4 Å². The summed E-state index contributed by atoms with van der Waals surface area (Å²) in [7, 11) is 1.42. The zero-order valence-corrected chi connectivity index (χ0v) is 26.4. The molecule has 222 valence electrons. The van der Waals surface area contributed by atoms with Crippen molar-refractivity contribution in [3.63, 3.8) is 0 Å². The fourth-order valence-electron chi connectivity index (χ4n) is 7.21. The number of Topliss-reactive ketones (excluding diaryl/α,β-unsaturated/α-hetero) is 1. The van der Waals surface area contributed by atoms with Crippen molar-refractivity contribution in [1.82, 2.24) is 19.9 Å². The molecule has 6 rings (SSSR count). The van der Waals surface area contributed by atoms with Gasteiger partial charge in [0.15, 0.2) is 5.78 Å². The zero-order valence-electron chi connectivity index (χ0n) is 25.4. The van der Waals surface area contributed by atoms with Crippen LogP contribution in [-0.2, 0) is 38.9 Å². The zero-order chi connectivity index (χ0) is 29.2. The summed E-state index contributed by atoms with van der Waals surface area (Å²) < 4.78 is 4.96. The number of carbonyl (C=O) groups excluding carboxylic acids is 2. The van der Waals surface area contributed by atoms with Crippen molar-refractivity contribution < 1.29 is 30.8 Å². The van der Waals surface area contributed by atoms with Crippen LogP contribution in [-0.4, -0.2) is 28.8 Å². The average Bonchev–Trinajstić information content (AvgIpc) is 3.70. The van der Waals surface area contributed by atoms with Crippen molar-refractivity contribution in [3.05, 3.63) is 68.8 Å². The van der Waals surface area contributed by atoms with Crippen molar-refractivity contribution in [2.75, 3.05) is 7.11 Å². The van der Waals surface area contributed by atoms with Crippen molar-refractivity contribution in [1.29, 1.82) is 0 Å². The Balaban J connectivity index is 0.00000353. The molecule has 0 fully saturated rings.